The minimum Gasteiger partial charge on any atom is -0.462 e. The van der Waals surface area contributed by atoms with Crippen molar-refractivity contribution in [2.75, 3.05) is 13.2 Å². The van der Waals surface area contributed by atoms with Crippen LogP contribution in [0.2, 0.25) is 0 Å². The van der Waals surface area contributed by atoms with E-state index < -0.39 is 6.10 Å². The summed E-state index contributed by atoms with van der Waals surface area (Å²) in [4.78, 5) is 38.1. The number of carbonyl (C=O) groups is 3. The smallest absolute Gasteiger partial charge is 0.306 e. The van der Waals surface area contributed by atoms with E-state index in [1.165, 1.54) is 96.3 Å². The van der Waals surface area contributed by atoms with Crippen molar-refractivity contribution in [3.8, 4) is 0 Å². The summed E-state index contributed by atoms with van der Waals surface area (Å²) in [7, 11) is 0. The van der Waals surface area contributed by atoms with Crippen molar-refractivity contribution in [3.05, 3.63) is 109 Å². The van der Waals surface area contributed by atoms with Crippen molar-refractivity contribution >= 4 is 17.9 Å². The van der Waals surface area contributed by atoms with Crippen molar-refractivity contribution in [3.63, 3.8) is 0 Å². The fourth-order valence-corrected chi connectivity index (χ4v) is 8.17. The number of esters is 3. The van der Waals surface area contributed by atoms with E-state index >= 15 is 0 Å². The van der Waals surface area contributed by atoms with Gasteiger partial charge < -0.3 is 14.2 Å². The van der Waals surface area contributed by atoms with Crippen molar-refractivity contribution in [1.82, 2.24) is 0 Å². The van der Waals surface area contributed by atoms with Crippen molar-refractivity contribution in [1.29, 1.82) is 0 Å². The molecule has 0 aromatic carbocycles. The van der Waals surface area contributed by atoms with Crippen LogP contribution in [-0.2, 0) is 28.6 Å². The molecular formula is C67H112O6. The number of allylic oxidation sites excluding steroid dienone is 18. The van der Waals surface area contributed by atoms with Gasteiger partial charge in [-0.25, -0.2) is 0 Å². The molecule has 0 amide bonds. The van der Waals surface area contributed by atoms with E-state index in [-0.39, 0.29) is 31.1 Å². The molecule has 0 aliphatic heterocycles. The molecule has 0 heterocycles. The quantitative estimate of drug-likeness (QED) is 0.0261. The number of hydrogen-bond donors (Lipinski definition) is 0. The minimum atomic E-state index is -0.789. The van der Waals surface area contributed by atoms with Gasteiger partial charge in [-0.2, -0.15) is 0 Å². The van der Waals surface area contributed by atoms with Crippen molar-refractivity contribution in [2.24, 2.45) is 0 Å². The molecule has 73 heavy (non-hydrogen) atoms. The molecule has 0 fully saturated rings. The van der Waals surface area contributed by atoms with Crippen LogP contribution in [0.5, 0.6) is 0 Å². The zero-order valence-electron chi connectivity index (χ0n) is 47.6. The van der Waals surface area contributed by atoms with Gasteiger partial charge in [0.15, 0.2) is 6.10 Å². The Kier molecular flexibility index (Phi) is 57.4. The van der Waals surface area contributed by atoms with E-state index in [9.17, 15) is 14.4 Å². The molecule has 416 valence electrons. The Hall–Kier alpha value is -3.93. The molecule has 0 aliphatic carbocycles. The molecule has 0 aromatic rings. The van der Waals surface area contributed by atoms with Gasteiger partial charge in [0.25, 0.3) is 0 Å². The molecular weight excluding hydrogens is 901 g/mol. The van der Waals surface area contributed by atoms with E-state index in [0.717, 1.165) is 141 Å². The number of hydrogen-bond acceptors (Lipinski definition) is 6. The number of unbranched alkanes of at least 4 members (excludes halogenated alkanes) is 25. The maximum absolute atomic E-state index is 12.8. The molecule has 0 saturated carbocycles. The Morgan fingerprint density at radius 3 is 0.904 bits per heavy atom. The largest absolute Gasteiger partial charge is 0.462 e. The summed E-state index contributed by atoms with van der Waals surface area (Å²) in [6.07, 6.45) is 82.4. The number of rotatable bonds is 54. The van der Waals surface area contributed by atoms with Crippen LogP contribution in [0.15, 0.2) is 109 Å². The van der Waals surface area contributed by atoms with Gasteiger partial charge in [-0.1, -0.05) is 252 Å². The third-order valence-electron chi connectivity index (χ3n) is 12.7. The van der Waals surface area contributed by atoms with Crippen LogP contribution in [0.3, 0.4) is 0 Å². The Balaban J connectivity index is 4.18. The second kappa shape index (κ2) is 60.6. The van der Waals surface area contributed by atoms with Crippen LogP contribution in [0.4, 0.5) is 0 Å². The molecule has 1 atom stereocenters. The molecule has 6 heteroatoms. The molecule has 0 aliphatic rings. The Morgan fingerprint density at radius 2 is 0.562 bits per heavy atom. The molecule has 0 N–H and O–H groups in total. The zero-order chi connectivity index (χ0) is 52.9. The fraction of sp³-hybridized carbons (Fsp3) is 0.687. The summed E-state index contributed by atoms with van der Waals surface area (Å²) >= 11 is 0. The third kappa shape index (κ3) is 58.8. The van der Waals surface area contributed by atoms with Gasteiger partial charge in [-0.15, -0.1) is 0 Å². The Labute approximate surface area is 450 Å². The predicted molar refractivity (Wildman–Crippen MR) is 316 cm³/mol. The second-order valence-corrected chi connectivity index (χ2v) is 19.9. The molecule has 0 radical (unpaired) electrons. The van der Waals surface area contributed by atoms with Gasteiger partial charge in [0.05, 0.1) is 0 Å². The summed E-state index contributed by atoms with van der Waals surface area (Å²) in [6.45, 7) is 6.41. The molecule has 0 spiro atoms. The second-order valence-electron chi connectivity index (χ2n) is 19.9. The van der Waals surface area contributed by atoms with Gasteiger partial charge in [-0.05, 0) is 116 Å². The standard InChI is InChI=1S/C67H112O6/c1-4-7-10-13-16-19-22-24-26-27-28-29-30-31-32-33-34-35-36-37-38-39-40-41-42-44-45-48-51-54-57-60-66(69)72-63-64(62-71-65(68)59-56-53-50-47-21-18-15-12-9-6-3)73-67(70)61-58-55-52-49-46-43-25-23-20-17-14-11-8-5-2/h7,10,12,14-17,19,23-26,28-29,31-32,34-35,64H,4-6,8-9,11,13,18,20-22,27,30,33,36-63H2,1-3H3/b10-7-,15-12-,17-14-,19-16-,25-23-,26-24-,29-28-,32-31-,35-34-. The highest BCUT2D eigenvalue weighted by Crippen LogP contribution is 2.15. The average molecular weight is 1010 g/mol. The summed E-state index contributed by atoms with van der Waals surface area (Å²) in [5.74, 6) is -0.912. The normalized spacial score (nSPS) is 12.9. The van der Waals surface area contributed by atoms with Gasteiger partial charge in [-0.3, -0.25) is 14.4 Å². The zero-order valence-corrected chi connectivity index (χ0v) is 47.6. The lowest BCUT2D eigenvalue weighted by atomic mass is 10.0. The number of carbonyl (C=O) groups excluding carboxylic acids is 3. The first-order valence-electron chi connectivity index (χ1n) is 30.4. The van der Waals surface area contributed by atoms with Crippen LogP contribution < -0.4 is 0 Å². The van der Waals surface area contributed by atoms with Gasteiger partial charge >= 0.3 is 17.9 Å². The van der Waals surface area contributed by atoms with Crippen LogP contribution in [0.1, 0.15) is 278 Å². The van der Waals surface area contributed by atoms with Crippen LogP contribution in [-0.4, -0.2) is 37.2 Å². The van der Waals surface area contributed by atoms with Crippen LogP contribution in [0, 0.1) is 0 Å². The Morgan fingerprint density at radius 1 is 0.288 bits per heavy atom. The number of ether oxygens (including phenoxy) is 3. The SMILES string of the molecule is CC/C=C\C/C=C\C/C=C\C/C=C\C/C=C\C/C=C\CCCCCCCCCCCCCCC(=O)OCC(COC(=O)CCCCCCC/C=C\CCC)OC(=O)CCCCCCC/C=C\C/C=C\CCCC. The topological polar surface area (TPSA) is 78.9 Å². The first-order chi connectivity index (χ1) is 36.0. The maximum Gasteiger partial charge on any atom is 0.306 e. The van der Waals surface area contributed by atoms with E-state index in [2.05, 4.69) is 130 Å². The van der Waals surface area contributed by atoms with Crippen molar-refractivity contribution in [2.45, 2.75) is 284 Å². The molecule has 6 nitrogen and oxygen atoms in total. The van der Waals surface area contributed by atoms with Crippen LogP contribution in [0.25, 0.3) is 0 Å². The molecule has 0 rings (SSSR count). The highest BCUT2D eigenvalue weighted by Gasteiger charge is 2.19. The highest BCUT2D eigenvalue weighted by atomic mass is 16.6. The van der Waals surface area contributed by atoms with E-state index in [1.807, 2.05) is 0 Å². The summed E-state index contributed by atoms with van der Waals surface area (Å²) in [5, 5.41) is 0. The fourth-order valence-electron chi connectivity index (χ4n) is 8.17. The summed E-state index contributed by atoms with van der Waals surface area (Å²) in [5.41, 5.74) is 0. The third-order valence-corrected chi connectivity index (χ3v) is 12.7. The van der Waals surface area contributed by atoms with E-state index in [1.54, 1.807) is 0 Å². The monoisotopic (exact) mass is 1010 g/mol. The summed E-state index contributed by atoms with van der Waals surface area (Å²) in [6, 6.07) is 0. The Bertz CT molecular complexity index is 1490. The molecule has 1 unspecified atom stereocenters. The average Bonchev–Trinajstić information content (AvgIpc) is 3.39. The van der Waals surface area contributed by atoms with E-state index in [4.69, 9.17) is 14.2 Å². The summed E-state index contributed by atoms with van der Waals surface area (Å²) < 4.78 is 16.8. The maximum atomic E-state index is 12.8. The minimum absolute atomic E-state index is 0.0872. The van der Waals surface area contributed by atoms with Gasteiger partial charge in [0.2, 0.25) is 0 Å². The predicted octanol–water partition coefficient (Wildman–Crippen LogP) is 20.7. The molecule has 0 saturated heterocycles. The highest BCUT2D eigenvalue weighted by molar-refractivity contribution is 5.71. The lowest BCUT2D eigenvalue weighted by Gasteiger charge is -2.18. The first kappa shape index (κ1) is 69.1. The van der Waals surface area contributed by atoms with Gasteiger partial charge in [0, 0.05) is 19.3 Å². The van der Waals surface area contributed by atoms with E-state index in [0.29, 0.717) is 19.3 Å². The van der Waals surface area contributed by atoms with Crippen molar-refractivity contribution < 1.29 is 28.6 Å². The van der Waals surface area contributed by atoms with Gasteiger partial charge in [0.1, 0.15) is 13.2 Å². The lowest BCUT2D eigenvalue weighted by molar-refractivity contribution is -0.167. The molecule has 0 bridgehead atoms. The molecule has 0 aromatic heterocycles. The first-order valence-corrected chi connectivity index (χ1v) is 30.4. The van der Waals surface area contributed by atoms with Crippen LogP contribution >= 0.6 is 0 Å². The lowest BCUT2D eigenvalue weighted by Crippen LogP contribution is -2.30.